The van der Waals surface area contributed by atoms with Crippen molar-refractivity contribution in [3.8, 4) is 0 Å². The molecule has 1 unspecified atom stereocenters. The predicted octanol–water partition coefficient (Wildman–Crippen LogP) is 1.11. The van der Waals surface area contributed by atoms with Crippen molar-refractivity contribution in [3.63, 3.8) is 0 Å². The molecule has 6 heteroatoms. The maximum Gasteiger partial charge on any atom is 0.252 e. The van der Waals surface area contributed by atoms with Crippen LogP contribution in [0.25, 0.3) is 0 Å². The van der Waals surface area contributed by atoms with Gasteiger partial charge < -0.3 is 15.0 Å². The first-order valence-electron chi connectivity index (χ1n) is 6.92. The Bertz CT molecular complexity index is 542. The smallest absolute Gasteiger partial charge is 0.252 e. The Morgan fingerprint density at radius 3 is 2.62 bits per heavy atom. The maximum atomic E-state index is 13.5. The van der Waals surface area contributed by atoms with Gasteiger partial charge in [0.25, 0.3) is 5.91 Å². The average Bonchev–Trinajstić information content (AvgIpc) is 2.50. The molecule has 21 heavy (non-hydrogen) atoms. The summed E-state index contributed by atoms with van der Waals surface area (Å²) in [4.78, 5) is 25.9. The van der Waals surface area contributed by atoms with E-state index in [-0.39, 0.29) is 11.5 Å². The van der Waals surface area contributed by atoms with Crippen LogP contribution in [0.2, 0.25) is 0 Å². The van der Waals surface area contributed by atoms with Crippen LogP contribution in [0.15, 0.2) is 18.2 Å². The fourth-order valence-corrected chi connectivity index (χ4v) is 2.13. The Balaban J connectivity index is 1.97. The number of nitrogens with zero attached hydrogens (tertiary/aromatic N) is 1. The van der Waals surface area contributed by atoms with E-state index in [1.165, 1.54) is 6.07 Å². The summed E-state index contributed by atoms with van der Waals surface area (Å²) in [6, 6.07) is 3.61. The lowest BCUT2D eigenvalue weighted by molar-refractivity contribution is -0.136. The van der Waals surface area contributed by atoms with Crippen LogP contribution in [-0.4, -0.2) is 49.1 Å². The Morgan fingerprint density at radius 1 is 1.33 bits per heavy atom. The number of carbonyl (C=O) groups excluding carboxylic acids is 2. The molecule has 0 aliphatic carbocycles. The van der Waals surface area contributed by atoms with Crippen LogP contribution in [-0.2, 0) is 9.53 Å². The van der Waals surface area contributed by atoms with E-state index in [0.29, 0.717) is 31.9 Å². The highest BCUT2D eigenvalue weighted by molar-refractivity contribution is 5.97. The highest BCUT2D eigenvalue weighted by Crippen LogP contribution is 2.09. The van der Waals surface area contributed by atoms with Crippen molar-refractivity contribution in [2.45, 2.75) is 19.9 Å². The first kappa shape index (κ1) is 15.4. The van der Waals surface area contributed by atoms with Gasteiger partial charge >= 0.3 is 0 Å². The second-order valence-electron chi connectivity index (χ2n) is 5.10. The van der Waals surface area contributed by atoms with Crippen LogP contribution in [0, 0.1) is 12.7 Å². The van der Waals surface area contributed by atoms with Crippen molar-refractivity contribution in [1.29, 1.82) is 0 Å². The van der Waals surface area contributed by atoms with Crippen molar-refractivity contribution in [3.05, 3.63) is 35.1 Å². The van der Waals surface area contributed by atoms with E-state index in [0.717, 1.165) is 0 Å². The van der Waals surface area contributed by atoms with E-state index in [4.69, 9.17) is 4.74 Å². The summed E-state index contributed by atoms with van der Waals surface area (Å²) in [7, 11) is 0. The molecule has 5 nitrogen and oxygen atoms in total. The van der Waals surface area contributed by atoms with E-state index in [2.05, 4.69) is 5.32 Å². The quantitative estimate of drug-likeness (QED) is 0.908. The van der Waals surface area contributed by atoms with Gasteiger partial charge in [0.1, 0.15) is 11.9 Å². The van der Waals surface area contributed by atoms with Gasteiger partial charge in [0.15, 0.2) is 0 Å². The summed E-state index contributed by atoms with van der Waals surface area (Å²) in [5.74, 6) is -1.04. The fourth-order valence-electron chi connectivity index (χ4n) is 2.13. The molecule has 2 rings (SSSR count). The van der Waals surface area contributed by atoms with E-state index in [1.807, 2.05) is 0 Å². The Morgan fingerprint density at radius 2 is 2.00 bits per heavy atom. The number of hydrogen-bond donors (Lipinski definition) is 1. The minimum atomic E-state index is -0.653. The molecule has 1 heterocycles. The predicted molar refractivity (Wildman–Crippen MR) is 75.5 cm³/mol. The molecular weight excluding hydrogens is 275 g/mol. The molecule has 1 aliphatic rings. The molecule has 1 N–H and O–H groups in total. The number of morpholine rings is 1. The zero-order chi connectivity index (χ0) is 15.4. The molecule has 1 saturated heterocycles. The normalized spacial score (nSPS) is 16.4. The van der Waals surface area contributed by atoms with Crippen LogP contribution in [0.5, 0.6) is 0 Å². The molecule has 0 radical (unpaired) electrons. The van der Waals surface area contributed by atoms with Gasteiger partial charge in [-0.3, -0.25) is 9.59 Å². The molecule has 1 fully saturated rings. The van der Waals surface area contributed by atoms with Gasteiger partial charge in [0.05, 0.1) is 13.2 Å². The molecular formula is C15H19FN2O3. The van der Waals surface area contributed by atoms with E-state index in [9.17, 15) is 14.0 Å². The van der Waals surface area contributed by atoms with Crippen molar-refractivity contribution in [2.24, 2.45) is 0 Å². The number of nitrogens with one attached hydrogen (secondary N) is 1. The second kappa shape index (κ2) is 6.67. The average molecular weight is 294 g/mol. The van der Waals surface area contributed by atoms with Crippen molar-refractivity contribution in [2.75, 3.05) is 26.3 Å². The third-order valence-electron chi connectivity index (χ3n) is 3.47. The Hall–Kier alpha value is -1.95. The highest BCUT2D eigenvalue weighted by atomic mass is 19.1. The lowest BCUT2D eigenvalue weighted by Crippen LogP contribution is -2.50. The van der Waals surface area contributed by atoms with Crippen LogP contribution in [0.3, 0.4) is 0 Å². The Kier molecular flexibility index (Phi) is 4.90. The Labute approximate surface area is 123 Å². The van der Waals surface area contributed by atoms with Gasteiger partial charge in [-0.05, 0) is 31.5 Å². The summed E-state index contributed by atoms with van der Waals surface area (Å²) in [6.07, 6.45) is 0. The molecule has 1 aliphatic heterocycles. The minimum absolute atomic E-state index is 0.153. The number of amides is 2. The van der Waals surface area contributed by atoms with Crippen molar-refractivity contribution >= 4 is 11.8 Å². The van der Waals surface area contributed by atoms with Gasteiger partial charge in [-0.25, -0.2) is 4.39 Å². The summed E-state index contributed by atoms with van der Waals surface area (Å²) >= 11 is 0. The summed E-state index contributed by atoms with van der Waals surface area (Å²) < 4.78 is 18.6. The number of aryl methyl sites for hydroxylation is 1. The first-order chi connectivity index (χ1) is 9.99. The first-order valence-corrected chi connectivity index (χ1v) is 6.92. The summed E-state index contributed by atoms with van der Waals surface area (Å²) in [5, 5.41) is 2.60. The number of rotatable bonds is 3. The molecule has 2 amide bonds. The summed E-state index contributed by atoms with van der Waals surface area (Å²) in [6.45, 7) is 5.32. The number of benzene rings is 1. The molecule has 0 aromatic heterocycles. The molecule has 0 bridgehead atoms. The van der Waals surface area contributed by atoms with E-state index < -0.39 is 17.8 Å². The third-order valence-corrected chi connectivity index (χ3v) is 3.47. The largest absolute Gasteiger partial charge is 0.378 e. The number of carbonyl (C=O) groups is 2. The number of halogens is 1. The maximum absolute atomic E-state index is 13.5. The minimum Gasteiger partial charge on any atom is -0.378 e. The topological polar surface area (TPSA) is 58.6 Å². The van der Waals surface area contributed by atoms with Crippen LogP contribution in [0.1, 0.15) is 22.8 Å². The SMILES string of the molecule is Cc1ccc(C(=O)NC(C)C(=O)N2CCOCC2)cc1F. The molecule has 0 spiro atoms. The number of ether oxygens (including phenoxy) is 1. The zero-order valence-electron chi connectivity index (χ0n) is 12.2. The van der Waals surface area contributed by atoms with Crippen LogP contribution in [0.4, 0.5) is 4.39 Å². The number of hydrogen-bond acceptors (Lipinski definition) is 3. The highest BCUT2D eigenvalue weighted by Gasteiger charge is 2.24. The third kappa shape index (κ3) is 3.78. The monoisotopic (exact) mass is 294 g/mol. The molecule has 114 valence electrons. The van der Waals surface area contributed by atoms with Gasteiger partial charge in [-0.15, -0.1) is 0 Å². The standard InChI is InChI=1S/C15H19FN2O3/c1-10-3-4-12(9-13(10)16)14(19)17-11(2)15(20)18-5-7-21-8-6-18/h3-4,9,11H,5-8H2,1-2H3,(H,17,19). The van der Waals surface area contributed by atoms with Gasteiger partial charge in [-0.2, -0.15) is 0 Å². The van der Waals surface area contributed by atoms with Crippen molar-refractivity contribution in [1.82, 2.24) is 10.2 Å². The summed E-state index contributed by atoms with van der Waals surface area (Å²) in [5.41, 5.74) is 0.684. The van der Waals surface area contributed by atoms with Crippen molar-refractivity contribution < 1.29 is 18.7 Å². The lowest BCUT2D eigenvalue weighted by atomic mass is 10.1. The van der Waals surface area contributed by atoms with Crippen LogP contribution >= 0.6 is 0 Å². The van der Waals surface area contributed by atoms with E-state index in [1.54, 1.807) is 30.9 Å². The second-order valence-corrected chi connectivity index (χ2v) is 5.10. The van der Waals surface area contributed by atoms with Gasteiger partial charge in [0.2, 0.25) is 5.91 Å². The molecule has 1 aromatic rings. The van der Waals surface area contributed by atoms with E-state index >= 15 is 0 Å². The zero-order valence-corrected chi connectivity index (χ0v) is 12.2. The fraction of sp³-hybridized carbons (Fsp3) is 0.467. The lowest BCUT2D eigenvalue weighted by Gasteiger charge is -2.29. The van der Waals surface area contributed by atoms with Gasteiger partial charge in [-0.1, -0.05) is 6.07 Å². The molecule has 0 saturated carbocycles. The van der Waals surface area contributed by atoms with Gasteiger partial charge in [0, 0.05) is 18.7 Å². The van der Waals surface area contributed by atoms with Crippen LogP contribution < -0.4 is 5.32 Å². The molecule has 1 atom stereocenters. The molecule has 1 aromatic carbocycles.